The van der Waals surface area contributed by atoms with Gasteiger partial charge in [-0.3, -0.25) is 4.70 Å². The van der Waals surface area contributed by atoms with Crippen LogP contribution < -0.4 is 0 Å². The van der Waals surface area contributed by atoms with Crippen LogP contribution in [-0.2, 0) is 0 Å². The number of pyridine rings is 1. The summed E-state index contributed by atoms with van der Waals surface area (Å²) in [6, 6.07) is 11.6. The molecular weight excluding hydrogens is 167 g/mol. The molecule has 0 amide bonds. The van der Waals surface area contributed by atoms with E-state index in [0.29, 0.717) is 5.69 Å². The van der Waals surface area contributed by atoms with Gasteiger partial charge in [-0.1, -0.05) is 24.3 Å². The summed E-state index contributed by atoms with van der Waals surface area (Å²) in [4.78, 5) is 3.96. The quantitative estimate of drug-likeness (QED) is 0.614. The van der Waals surface area contributed by atoms with Crippen LogP contribution in [-0.4, -0.2) is 4.98 Å². The summed E-state index contributed by atoms with van der Waals surface area (Å²) in [6.07, 6.45) is 1.72. The lowest BCUT2D eigenvalue weighted by Gasteiger charge is -1.94. The smallest absolute Gasteiger partial charge is 0.141 e. The number of hydrogen-bond acceptors (Lipinski definition) is 2. The Bertz CT molecular complexity index is 460. The summed E-state index contributed by atoms with van der Waals surface area (Å²) in [7, 11) is 0. The number of benzene rings is 1. The van der Waals surface area contributed by atoms with Crippen LogP contribution in [0.5, 0.6) is 0 Å². The number of nitrogens with zero attached hydrogens (tertiary/aromatic N) is 2. The number of halogens is 1. The van der Waals surface area contributed by atoms with Crippen molar-refractivity contribution in [2.75, 3.05) is 0 Å². The molecule has 64 valence electrons. The topological polar surface area (TPSA) is 36.7 Å². The summed E-state index contributed by atoms with van der Waals surface area (Å²) < 4.78 is 0. The van der Waals surface area contributed by atoms with Crippen molar-refractivity contribution in [1.29, 1.82) is 5.26 Å². The van der Waals surface area contributed by atoms with Crippen molar-refractivity contribution in [2.24, 2.45) is 0 Å². The van der Waals surface area contributed by atoms with Gasteiger partial charge in [0, 0.05) is 11.6 Å². The second-order valence-electron chi connectivity index (χ2n) is 2.53. The summed E-state index contributed by atoms with van der Waals surface area (Å²) >= 11 is 0. The largest absolute Gasteiger partial charge is 0.269 e. The average molecular weight is 174 g/mol. The van der Waals surface area contributed by atoms with Crippen LogP contribution in [0.15, 0.2) is 36.5 Å². The maximum absolute atomic E-state index is 8.58. The van der Waals surface area contributed by atoms with Gasteiger partial charge in [0.2, 0.25) is 0 Å². The zero-order chi connectivity index (χ0) is 8.39. The van der Waals surface area contributed by atoms with Gasteiger partial charge in [-0.05, 0) is 11.5 Å². The summed E-state index contributed by atoms with van der Waals surface area (Å²) in [5.41, 5.74) is 0.466. The molecule has 1 aromatic carbocycles. The van der Waals surface area contributed by atoms with E-state index in [2.05, 4.69) is 4.98 Å². The monoisotopic (exact) mass is 174 g/mol. The molecule has 0 aliphatic carbocycles. The highest BCUT2D eigenvalue weighted by molar-refractivity contribution is 5.82. The highest BCUT2D eigenvalue weighted by Gasteiger charge is 1.94. The Morgan fingerprint density at radius 3 is 2.54 bits per heavy atom. The molecular formula is C10H7FN2. The van der Waals surface area contributed by atoms with Gasteiger partial charge in [-0.2, -0.15) is 5.26 Å². The fourth-order valence-electron chi connectivity index (χ4n) is 1.14. The van der Waals surface area contributed by atoms with Crippen molar-refractivity contribution >= 4 is 10.8 Å². The van der Waals surface area contributed by atoms with Gasteiger partial charge in [0.05, 0.1) is 0 Å². The standard InChI is InChI=1S/C10H6N2.FH/c11-6-10-5-8-3-1-2-4-9(8)7-12-10;/h1-5,7H;1H. The maximum Gasteiger partial charge on any atom is 0.141 e. The third-order valence-corrected chi connectivity index (χ3v) is 1.75. The van der Waals surface area contributed by atoms with Crippen LogP contribution in [0.1, 0.15) is 5.69 Å². The van der Waals surface area contributed by atoms with E-state index in [9.17, 15) is 0 Å². The first kappa shape index (κ1) is 9.14. The van der Waals surface area contributed by atoms with Gasteiger partial charge in [0.15, 0.2) is 0 Å². The van der Waals surface area contributed by atoms with E-state index in [1.807, 2.05) is 30.3 Å². The van der Waals surface area contributed by atoms with Crippen LogP contribution in [0, 0.1) is 11.3 Å². The summed E-state index contributed by atoms with van der Waals surface area (Å²) in [5, 5.41) is 10.7. The predicted octanol–water partition coefficient (Wildman–Crippen LogP) is 2.26. The van der Waals surface area contributed by atoms with E-state index < -0.39 is 0 Å². The molecule has 0 spiro atoms. The molecule has 0 saturated heterocycles. The minimum atomic E-state index is 0. The van der Waals surface area contributed by atoms with Gasteiger partial charge in [-0.25, -0.2) is 4.98 Å². The molecule has 0 saturated carbocycles. The minimum Gasteiger partial charge on any atom is -0.269 e. The normalized spacial score (nSPS) is 8.85. The zero-order valence-corrected chi connectivity index (χ0v) is 6.77. The van der Waals surface area contributed by atoms with Gasteiger partial charge >= 0.3 is 0 Å². The van der Waals surface area contributed by atoms with Crippen LogP contribution in [0.2, 0.25) is 0 Å². The SMILES string of the molecule is F.N#Cc1cc2ccccc2cn1. The first-order chi connectivity index (χ1) is 5.90. The molecule has 0 bridgehead atoms. The van der Waals surface area contributed by atoms with Crippen LogP contribution in [0.25, 0.3) is 10.8 Å². The first-order valence-corrected chi connectivity index (χ1v) is 3.65. The molecule has 13 heavy (non-hydrogen) atoms. The number of aromatic nitrogens is 1. The number of nitriles is 1. The predicted molar refractivity (Wildman–Crippen MR) is 49.0 cm³/mol. The molecule has 0 unspecified atom stereocenters. The Hall–Kier alpha value is -1.95. The van der Waals surface area contributed by atoms with E-state index >= 15 is 0 Å². The fraction of sp³-hybridized carbons (Fsp3) is 0. The van der Waals surface area contributed by atoms with Crippen molar-refractivity contribution in [3.8, 4) is 6.07 Å². The van der Waals surface area contributed by atoms with Crippen molar-refractivity contribution in [3.63, 3.8) is 0 Å². The number of hydrogen-bond donors (Lipinski definition) is 0. The first-order valence-electron chi connectivity index (χ1n) is 3.65. The second kappa shape index (κ2) is 3.63. The summed E-state index contributed by atoms with van der Waals surface area (Å²) in [6.45, 7) is 0. The molecule has 1 aromatic heterocycles. The Kier molecular flexibility index (Phi) is 2.56. The molecule has 2 aromatic rings. The lowest BCUT2D eigenvalue weighted by Crippen LogP contribution is -1.81. The van der Waals surface area contributed by atoms with Crippen molar-refractivity contribution < 1.29 is 4.70 Å². The highest BCUT2D eigenvalue weighted by Crippen LogP contribution is 2.12. The number of fused-ring (bicyclic) bond motifs is 1. The van der Waals surface area contributed by atoms with Crippen molar-refractivity contribution in [1.82, 2.24) is 4.98 Å². The zero-order valence-electron chi connectivity index (χ0n) is 6.77. The van der Waals surface area contributed by atoms with E-state index in [4.69, 9.17) is 5.26 Å². The number of rotatable bonds is 0. The van der Waals surface area contributed by atoms with Gasteiger partial charge in [-0.15, -0.1) is 0 Å². The average Bonchev–Trinajstić information content (AvgIpc) is 2.17. The Morgan fingerprint density at radius 2 is 1.85 bits per heavy atom. The third kappa shape index (κ3) is 1.62. The lowest BCUT2D eigenvalue weighted by atomic mass is 10.1. The molecule has 2 rings (SSSR count). The van der Waals surface area contributed by atoms with Crippen molar-refractivity contribution in [2.45, 2.75) is 0 Å². The highest BCUT2D eigenvalue weighted by atomic mass is 19.0. The maximum atomic E-state index is 8.58. The lowest BCUT2D eigenvalue weighted by molar-refractivity contribution is 1.11. The Morgan fingerprint density at radius 1 is 1.15 bits per heavy atom. The molecule has 0 N–H and O–H groups in total. The van der Waals surface area contributed by atoms with Gasteiger partial charge < -0.3 is 0 Å². The third-order valence-electron chi connectivity index (χ3n) is 1.75. The van der Waals surface area contributed by atoms with Crippen LogP contribution in [0.4, 0.5) is 4.70 Å². The van der Waals surface area contributed by atoms with E-state index in [0.717, 1.165) is 10.8 Å². The molecule has 1 heterocycles. The molecule has 0 radical (unpaired) electrons. The van der Waals surface area contributed by atoms with E-state index in [-0.39, 0.29) is 4.70 Å². The fourth-order valence-corrected chi connectivity index (χ4v) is 1.14. The van der Waals surface area contributed by atoms with Crippen LogP contribution >= 0.6 is 0 Å². The van der Waals surface area contributed by atoms with Gasteiger partial charge in [0.25, 0.3) is 0 Å². The molecule has 0 fully saturated rings. The molecule has 3 heteroatoms. The molecule has 0 atom stereocenters. The van der Waals surface area contributed by atoms with E-state index in [1.54, 1.807) is 12.3 Å². The Balaban J connectivity index is 0.000000845. The van der Waals surface area contributed by atoms with Crippen molar-refractivity contribution in [3.05, 3.63) is 42.2 Å². The van der Waals surface area contributed by atoms with E-state index in [1.165, 1.54) is 0 Å². The minimum absolute atomic E-state index is 0. The summed E-state index contributed by atoms with van der Waals surface area (Å²) in [5.74, 6) is 0. The molecule has 0 aliphatic heterocycles. The van der Waals surface area contributed by atoms with Gasteiger partial charge in [0.1, 0.15) is 11.8 Å². The second-order valence-corrected chi connectivity index (χ2v) is 2.53. The molecule has 0 aliphatic rings. The molecule has 2 nitrogen and oxygen atoms in total. The Labute approximate surface area is 74.8 Å². The van der Waals surface area contributed by atoms with Crippen LogP contribution in [0.3, 0.4) is 0 Å².